The molecule has 16 heavy (non-hydrogen) atoms. The van der Waals surface area contributed by atoms with Crippen molar-refractivity contribution in [1.29, 1.82) is 0 Å². The van der Waals surface area contributed by atoms with Crippen LogP contribution in [0.3, 0.4) is 0 Å². The molecule has 1 aromatic rings. The summed E-state index contributed by atoms with van der Waals surface area (Å²) in [6.45, 7) is 0. The molecule has 0 saturated heterocycles. The highest BCUT2D eigenvalue weighted by Gasteiger charge is 2.07. The second-order valence-corrected chi connectivity index (χ2v) is 4.85. The summed E-state index contributed by atoms with van der Waals surface area (Å²) in [6, 6.07) is 10.8. The van der Waals surface area contributed by atoms with Crippen molar-refractivity contribution in [3.63, 3.8) is 0 Å². The van der Waals surface area contributed by atoms with Gasteiger partial charge in [0, 0.05) is 0 Å². The Kier molecular flexibility index (Phi) is 4.67. The molecule has 0 fully saturated rings. The maximum absolute atomic E-state index is 2.44. The summed E-state index contributed by atoms with van der Waals surface area (Å²) in [5, 5.41) is 0. The van der Waals surface area contributed by atoms with Gasteiger partial charge in [0.05, 0.1) is 0 Å². The fourth-order valence-corrected chi connectivity index (χ4v) is 2.50. The van der Waals surface area contributed by atoms with Crippen LogP contribution in [0.15, 0.2) is 42.5 Å². The van der Waals surface area contributed by atoms with Gasteiger partial charge in [0.1, 0.15) is 0 Å². The molecule has 0 heteroatoms. The molecule has 0 aliphatic heterocycles. The summed E-state index contributed by atoms with van der Waals surface area (Å²) in [7, 11) is 0. The molecule has 0 aromatic heterocycles. The maximum Gasteiger partial charge on any atom is -0.0233 e. The van der Waals surface area contributed by atoms with Crippen molar-refractivity contribution < 1.29 is 0 Å². The van der Waals surface area contributed by atoms with Gasteiger partial charge < -0.3 is 0 Å². The minimum Gasteiger partial charge on any atom is -0.0883 e. The van der Waals surface area contributed by atoms with Crippen LogP contribution in [-0.2, 0) is 6.42 Å². The Morgan fingerprint density at radius 3 is 2.69 bits per heavy atom. The third kappa shape index (κ3) is 3.84. The Morgan fingerprint density at radius 1 is 1.06 bits per heavy atom. The van der Waals surface area contributed by atoms with Gasteiger partial charge in [-0.15, -0.1) is 0 Å². The SMILES string of the molecule is C1=C[C@@H](CCCCc2ccccc2)CCC1. The normalized spacial score (nSPS) is 19.9. The minimum atomic E-state index is 0.879. The summed E-state index contributed by atoms with van der Waals surface area (Å²) >= 11 is 0. The highest BCUT2D eigenvalue weighted by atomic mass is 14.1. The van der Waals surface area contributed by atoms with Crippen molar-refractivity contribution in [1.82, 2.24) is 0 Å². The van der Waals surface area contributed by atoms with E-state index in [1.54, 1.807) is 0 Å². The van der Waals surface area contributed by atoms with Gasteiger partial charge in [-0.25, -0.2) is 0 Å². The summed E-state index contributed by atoms with van der Waals surface area (Å²) in [5.74, 6) is 0.879. The lowest BCUT2D eigenvalue weighted by atomic mass is 9.91. The molecule has 86 valence electrons. The molecular formula is C16H22. The summed E-state index contributed by atoms with van der Waals surface area (Å²) in [4.78, 5) is 0. The second kappa shape index (κ2) is 6.52. The molecule has 0 heterocycles. The van der Waals surface area contributed by atoms with Crippen molar-refractivity contribution >= 4 is 0 Å². The van der Waals surface area contributed by atoms with E-state index in [0.29, 0.717) is 0 Å². The zero-order valence-corrected chi connectivity index (χ0v) is 10.1. The van der Waals surface area contributed by atoms with Crippen LogP contribution in [0.1, 0.15) is 44.1 Å². The first-order valence-corrected chi connectivity index (χ1v) is 6.66. The number of aryl methyl sites for hydroxylation is 1. The monoisotopic (exact) mass is 214 g/mol. The molecule has 0 saturated carbocycles. The summed E-state index contributed by atoms with van der Waals surface area (Å²) < 4.78 is 0. The molecule has 0 bridgehead atoms. The lowest BCUT2D eigenvalue weighted by Gasteiger charge is -2.15. The topological polar surface area (TPSA) is 0 Å². The largest absolute Gasteiger partial charge is 0.0883 e. The Labute approximate surface area is 99.4 Å². The van der Waals surface area contributed by atoms with E-state index in [1.807, 2.05) is 0 Å². The molecule has 1 aliphatic carbocycles. The first-order chi connectivity index (χ1) is 7.95. The molecular weight excluding hydrogens is 192 g/mol. The van der Waals surface area contributed by atoms with E-state index in [0.717, 1.165) is 5.92 Å². The quantitative estimate of drug-likeness (QED) is 0.490. The fraction of sp³-hybridized carbons (Fsp3) is 0.500. The van der Waals surface area contributed by atoms with E-state index in [9.17, 15) is 0 Å². The van der Waals surface area contributed by atoms with Gasteiger partial charge in [-0.05, 0) is 50.0 Å². The average Bonchev–Trinajstić information content (AvgIpc) is 2.37. The minimum absolute atomic E-state index is 0.879. The van der Waals surface area contributed by atoms with E-state index in [-0.39, 0.29) is 0 Å². The molecule has 0 amide bonds. The lowest BCUT2D eigenvalue weighted by Crippen LogP contribution is -2.00. The van der Waals surface area contributed by atoms with Crippen LogP contribution in [0.2, 0.25) is 0 Å². The Hall–Kier alpha value is -1.04. The zero-order chi connectivity index (χ0) is 11.1. The van der Waals surface area contributed by atoms with Gasteiger partial charge in [-0.2, -0.15) is 0 Å². The van der Waals surface area contributed by atoms with Gasteiger partial charge in [-0.3, -0.25) is 0 Å². The van der Waals surface area contributed by atoms with Crippen LogP contribution in [0, 0.1) is 5.92 Å². The van der Waals surface area contributed by atoms with E-state index >= 15 is 0 Å². The highest BCUT2D eigenvalue weighted by molar-refractivity contribution is 5.14. The van der Waals surface area contributed by atoms with E-state index < -0.39 is 0 Å². The van der Waals surface area contributed by atoms with E-state index in [2.05, 4.69) is 42.5 Å². The van der Waals surface area contributed by atoms with Gasteiger partial charge >= 0.3 is 0 Å². The molecule has 0 N–H and O–H groups in total. The maximum atomic E-state index is 2.44. The first kappa shape index (κ1) is 11.4. The van der Waals surface area contributed by atoms with E-state index in [4.69, 9.17) is 0 Å². The number of allylic oxidation sites excluding steroid dienone is 2. The molecule has 1 atom stereocenters. The molecule has 0 spiro atoms. The molecule has 0 nitrogen and oxygen atoms in total. The first-order valence-electron chi connectivity index (χ1n) is 6.66. The Balaban J connectivity index is 1.61. The van der Waals surface area contributed by atoms with Gasteiger partial charge in [0.2, 0.25) is 0 Å². The molecule has 1 aliphatic rings. The average molecular weight is 214 g/mol. The molecule has 1 aromatic carbocycles. The summed E-state index contributed by atoms with van der Waals surface area (Å²) in [5.41, 5.74) is 1.49. The van der Waals surface area contributed by atoms with Crippen LogP contribution < -0.4 is 0 Å². The molecule has 0 unspecified atom stereocenters. The van der Waals surface area contributed by atoms with Crippen LogP contribution in [0.4, 0.5) is 0 Å². The lowest BCUT2D eigenvalue weighted by molar-refractivity contribution is 0.480. The second-order valence-electron chi connectivity index (χ2n) is 4.85. The van der Waals surface area contributed by atoms with Crippen LogP contribution in [0.25, 0.3) is 0 Å². The van der Waals surface area contributed by atoms with Crippen molar-refractivity contribution in [3.8, 4) is 0 Å². The number of benzene rings is 1. The van der Waals surface area contributed by atoms with Crippen molar-refractivity contribution in [2.45, 2.75) is 44.9 Å². The number of unbranched alkanes of at least 4 members (excludes halogenated alkanes) is 1. The third-order valence-corrected chi connectivity index (χ3v) is 3.49. The summed E-state index contributed by atoms with van der Waals surface area (Å²) in [6.07, 6.45) is 14.3. The Bertz CT molecular complexity index is 310. The van der Waals surface area contributed by atoms with Crippen LogP contribution in [0.5, 0.6) is 0 Å². The van der Waals surface area contributed by atoms with Crippen molar-refractivity contribution in [2.24, 2.45) is 5.92 Å². The van der Waals surface area contributed by atoms with Crippen molar-refractivity contribution in [3.05, 3.63) is 48.0 Å². The fourth-order valence-electron chi connectivity index (χ4n) is 2.50. The third-order valence-electron chi connectivity index (χ3n) is 3.49. The highest BCUT2D eigenvalue weighted by Crippen LogP contribution is 2.22. The predicted molar refractivity (Wildman–Crippen MR) is 70.5 cm³/mol. The van der Waals surface area contributed by atoms with Gasteiger partial charge in [-0.1, -0.05) is 48.9 Å². The standard InChI is InChI=1S/C16H22/c1-3-9-15(10-4-1)13-7-8-14-16-11-5-2-6-12-16/h1,3-5,9-11,16H,2,6-8,12-14H2/t16-/m1/s1. The number of hydrogen-bond donors (Lipinski definition) is 0. The van der Waals surface area contributed by atoms with Crippen molar-refractivity contribution in [2.75, 3.05) is 0 Å². The van der Waals surface area contributed by atoms with Crippen LogP contribution in [-0.4, -0.2) is 0 Å². The predicted octanol–water partition coefficient (Wildman–Crippen LogP) is 4.76. The molecule has 0 radical (unpaired) electrons. The molecule has 2 rings (SSSR count). The van der Waals surface area contributed by atoms with E-state index in [1.165, 1.54) is 50.5 Å². The zero-order valence-electron chi connectivity index (χ0n) is 10.1. The number of rotatable bonds is 5. The Morgan fingerprint density at radius 2 is 1.94 bits per heavy atom. The van der Waals surface area contributed by atoms with Gasteiger partial charge in [0.25, 0.3) is 0 Å². The van der Waals surface area contributed by atoms with Gasteiger partial charge in [0.15, 0.2) is 0 Å². The number of hydrogen-bond acceptors (Lipinski definition) is 0. The smallest absolute Gasteiger partial charge is 0.0233 e. The van der Waals surface area contributed by atoms with Crippen LogP contribution >= 0.6 is 0 Å².